The van der Waals surface area contributed by atoms with Gasteiger partial charge < -0.3 is 13.3 Å². The lowest BCUT2D eigenvalue weighted by Crippen LogP contribution is -2.57. The molecule has 2 aromatic rings. The largest absolute Gasteiger partial charge is 0.521 e. The van der Waals surface area contributed by atoms with Crippen LogP contribution in [0, 0.1) is 0 Å². The van der Waals surface area contributed by atoms with Crippen molar-refractivity contribution in [1.29, 1.82) is 0 Å². The van der Waals surface area contributed by atoms with E-state index >= 15 is 0 Å². The fourth-order valence-electron chi connectivity index (χ4n) is 2.66. The summed E-state index contributed by atoms with van der Waals surface area (Å²) in [6, 6.07) is 15.0. The SMILES string of the molecule is CCO[Si-](OCC)(OCC)c1ccc2c(c1)Sc1ccccc1S2. The van der Waals surface area contributed by atoms with Crippen LogP contribution in [-0.4, -0.2) is 28.6 Å². The van der Waals surface area contributed by atoms with Crippen LogP contribution in [0.25, 0.3) is 0 Å². The minimum Gasteiger partial charge on any atom is -0.521 e. The lowest BCUT2D eigenvalue weighted by molar-refractivity contribution is 0.0858. The summed E-state index contributed by atoms with van der Waals surface area (Å²) in [5, 5.41) is 1.04. The maximum absolute atomic E-state index is 6.04. The molecule has 129 valence electrons. The van der Waals surface area contributed by atoms with Crippen molar-refractivity contribution in [3.63, 3.8) is 0 Å². The second kappa shape index (κ2) is 8.08. The predicted molar refractivity (Wildman–Crippen MR) is 101 cm³/mol. The number of benzene rings is 2. The third-order valence-corrected chi connectivity index (χ3v) is 9.16. The van der Waals surface area contributed by atoms with E-state index in [2.05, 4.69) is 42.5 Å². The summed E-state index contributed by atoms with van der Waals surface area (Å²) >= 11 is 3.62. The molecule has 0 N–H and O–H groups in total. The molecule has 0 spiro atoms. The van der Waals surface area contributed by atoms with Crippen LogP contribution in [0.3, 0.4) is 0 Å². The standard InChI is InChI=1S/C18H22O3S2Si/c1-4-19-24(20-5-2,21-6-3)14-11-12-17-18(13-14)23-16-10-8-7-9-15(16)22-17/h7-13H,4-6H2,1-3H3/q-1. The van der Waals surface area contributed by atoms with E-state index in [1.165, 1.54) is 19.6 Å². The van der Waals surface area contributed by atoms with Crippen molar-refractivity contribution in [2.75, 3.05) is 19.8 Å². The Bertz CT molecular complexity index is 691. The Labute approximate surface area is 153 Å². The predicted octanol–water partition coefficient (Wildman–Crippen LogP) is 4.56. The molecule has 1 aliphatic heterocycles. The average Bonchev–Trinajstić information content (AvgIpc) is 2.60. The van der Waals surface area contributed by atoms with Gasteiger partial charge in [-0.1, -0.05) is 47.8 Å². The minimum absolute atomic E-state index is 0.577. The zero-order chi connectivity index (χ0) is 17.0. The molecule has 0 aliphatic carbocycles. The van der Waals surface area contributed by atoms with Gasteiger partial charge in [-0.05, 0) is 39.0 Å². The summed E-state index contributed by atoms with van der Waals surface area (Å²) in [6.07, 6.45) is 0. The fourth-order valence-corrected chi connectivity index (χ4v) is 7.52. The minimum atomic E-state index is -2.85. The second-order valence-corrected chi connectivity index (χ2v) is 9.89. The normalized spacial score (nSPS) is 13.5. The zero-order valence-electron chi connectivity index (χ0n) is 14.2. The highest BCUT2D eigenvalue weighted by atomic mass is 32.2. The van der Waals surface area contributed by atoms with Crippen LogP contribution in [0.5, 0.6) is 0 Å². The Kier molecular flexibility index (Phi) is 6.07. The van der Waals surface area contributed by atoms with E-state index in [9.17, 15) is 0 Å². The second-order valence-electron chi connectivity index (χ2n) is 5.17. The lowest BCUT2D eigenvalue weighted by atomic mass is 10.3. The van der Waals surface area contributed by atoms with E-state index < -0.39 is 8.80 Å². The molecule has 0 unspecified atom stereocenters. The van der Waals surface area contributed by atoms with Gasteiger partial charge in [0, 0.05) is 39.4 Å². The molecule has 0 amide bonds. The molecular weight excluding hydrogens is 356 g/mol. The van der Waals surface area contributed by atoms with Crippen molar-refractivity contribution in [3.05, 3.63) is 42.5 Å². The maximum Gasteiger partial charge on any atom is 0.314 e. The highest BCUT2D eigenvalue weighted by Gasteiger charge is 2.29. The van der Waals surface area contributed by atoms with Gasteiger partial charge in [-0.3, -0.25) is 0 Å². The van der Waals surface area contributed by atoms with Crippen molar-refractivity contribution >= 4 is 37.5 Å². The van der Waals surface area contributed by atoms with Crippen LogP contribution in [0.4, 0.5) is 0 Å². The summed E-state index contributed by atoms with van der Waals surface area (Å²) < 4.78 is 18.1. The smallest absolute Gasteiger partial charge is 0.314 e. The molecule has 0 bridgehead atoms. The molecule has 0 atom stereocenters. The van der Waals surface area contributed by atoms with E-state index in [0.717, 1.165) is 5.19 Å². The van der Waals surface area contributed by atoms with Gasteiger partial charge in [-0.25, -0.2) is 0 Å². The van der Waals surface area contributed by atoms with Crippen molar-refractivity contribution in [1.82, 2.24) is 0 Å². The molecule has 1 aliphatic rings. The van der Waals surface area contributed by atoms with Gasteiger partial charge in [0.15, 0.2) is 0 Å². The van der Waals surface area contributed by atoms with E-state index in [4.69, 9.17) is 13.3 Å². The first-order valence-corrected chi connectivity index (χ1v) is 11.6. The Morgan fingerprint density at radius 1 is 0.708 bits per heavy atom. The Morgan fingerprint density at radius 2 is 1.21 bits per heavy atom. The first kappa shape index (κ1) is 18.0. The van der Waals surface area contributed by atoms with Crippen LogP contribution in [0.15, 0.2) is 62.0 Å². The molecule has 24 heavy (non-hydrogen) atoms. The summed E-state index contributed by atoms with van der Waals surface area (Å²) in [5.41, 5.74) is 0. The van der Waals surface area contributed by atoms with Gasteiger partial charge in [0.2, 0.25) is 0 Å². The summed E-state index contributed by atoms with van der Waals surface area (Å²) in [5.74, 6) is 0. The van der Waals surface area contributed by atoms with Crippen molar-refractivity contribution < 1.29 is 13.3 Å². The number of hydrogen-bond acceptors (Lipinski definition) is 5. The van der Waals surface area contributed by atoms with Crippen LogP contribution in [0.1, 0.15) is 20.8 Å². The Hall–Kier alpha value is -0.763. The van der Waals surface area contributed by atoms with Gasteiger partial charge >= 0.3 is 8.80 Å². The average molecular weight is 379 g/mol. The van der Waals surface area contributed by atoms with Crippen molar-refractivity contribution in [2.45, 2.75) is 40.4 Å². The Balaban J connectivity index is 1.98. The molecule has 0 saturated carbocycles. The van der Waals surface area contributed by atoms with Gasteiger partial charge in [0.1, 0.15) is 0 Å². The molecule has 3 rings (SSSR count). The van der Waals surface area contributed by atoms with Crippen LogP contribution >= 0.6 is 23.5 Å². The first-order valence-electron chi connectivity index (χ1n) is 8.23. The summed E-state index contributed by atoms with van der Waals surface area (Å²) in [6.45, 7) is 7.69. The first-order chi connectivity index (χ1) is 11.7. The van der Waals surface area contributed by atoms with Crippen molar-refractivity contribution in [3.8, 4) is 0 Å². The highest BCUT2D eigenvalue weighted by molar-refractivity contribution is 8.05. The fraction of sp³-hybridized carbons (Fsp3) is 0.333. The summed E-state index contributed by atoms with van der Waals surface area (Å²) in [4.78, 5) is 5.12. The molecular formula is C18H22O3S2Si-. The molecule has 2 aromatic carbocycles. The van der Waals surface area contributed by atoms with Crippen LogP contribution in [-0.2, 0) is 13.3 Å². The maximum atomic E-state index is 6.04. The number of hydrogen-bond donors (Lipinski definition) is 0. The quantitative estimate of drug-likeness (QED) is 0.562. The van der Waals surface area contributed by atoms with Gasteiger partial charge in [-0.15, -0.1) is 5.19 Å². The van der Waals surface area contributed by atoms with Gasteiger partial charge in [0.05, 0.1) is 0 Å². The molecule has 0 radical (unpaired) electrons. The lowest BCUT2D eigenvalue weighted by Gasteiger charge is -2.43. The molecule has 0 saturated heterocycles. The van der Waals surface area contributed by atoms with Crippen LogP contribution < -0.4 is 5.19 Å². The topological polar surface area (TPSA) is 27.7 Å². The molecule has 0 aromatic heterocycles. The molecule has 6 heteroatoms. The highest BCUT2D eigenvalue weighted by Crippen LogP contribution is 2.47. The van der Waals surface area contributed by atoms with E-state index in [1.807, 2.05) is 32.5 Å². The van der Waals surface area contributed by atoms with Gasteiger partial charge in [-0.2, -0.15) is 0 Å². The molecule has 0 fully saturated rings. The Morgan fingerprint density at radius 3 is 1.75 bits per heavy atom. The van der Waals surface area contributed by atoms with Crippen LogP contribution in [0.2, 0.25) is 0 Å². The van der Waals surface area contributed by atoms with E-state index in [-0.39, 0.29) is 0 Å². The van der Waals surface area contributed by atoms with E-state index in [0.29, 0.717) is 19.8 Å². The molecule has 3 nitrogen and oxygen atoms in total. The number of rotatable bonds is 7. The number of fused-ring (bicyclic) bond motifs is 2. The van der Waals surface area contributed by atoms with E-state index in [1.54, 1.807) is 11.8 Å². The monoisotopic (exact) mass is 378 g/mol. The van der Waals surface area contributed by atoms with Gasteiger partial charge in [0.25, 0.3) is 0 Å². The third-order valence-electron chi connectivity index (χ3n) is 3.59. The third kappa shape index (κ3) is 3.59. The summed E-state index contributed by atoms with van der Waals surface area (Å²) in [7, 11) is -2.85. The van der Waals surface area contributed by atoms with Crippen molar-refractivity contribution in [2.24, 2.45) is 0 Å². The molecule has 1 heterocycles. The zero-order valence-corrected chi connectivity index (χ0v) is 16.8.